The summed E-state index contributed by atoms with van der Waals surface area (Å²) in [6.45, 7) is 6.42. The minimum Gasteiger partial charge on any atom is -0.507 e. The predicted octanol–water partition coefficient (Wildman–Crippen LogP) is 4.95. The summed E-state index contributed by atoms with van der Waals surface area (Å²) in [5.74, 6) is 0.0841. The van der Waals surface area contributed by atoms with Crippen LogP contribution in [-0.2, 0) is 0 Å². The summed E-state index contributed by atoms with van der Waals surface area (Å²) in [6, 6.07) is 14.8. The van der Waals surface area contributed by atoms with Gasteiger partial charge in [-0.2, -0.15) is 5.10 Å². The first-order chi connectivity index (χ1) is 15.2. The minimum absolute atomic E-state index is 0.0887. The van der Waals surface area contributed by atoms with Crippen molar-refractivity contribution >= 4 is 34.2 Å². The Morgan fingerprint density at radius 1 is 1.16 bits per heavy atom. The molecule has 0 bridgehead atoms. The number of nitrogens with one attached hydrogen (secondary N) is 1. The summed E-state index contributed by atoms with van der Waals surface area (Å²) in [4.78, 5) is 14.8. The van der Waals surface area contributed by atoms with Gasteiger partial charge in [0.05, 0.1) is 24.4 Å². The Morgan fingerprint density at radius 2 is 1.84 bits per heavy atom. The molecule has 6 nitrogen and oxygen atoms in total. The van der Waals surface area contributed by atoms with Crippen LogP contribution in [0.25, 0.3) is 16.3 Å². The topological polar surface area (TPSA) is 74.2 Å². The van der Waals surface area contributed by atoms with Crippen molar-refractivity contribution in [2.24, 2.45) is 5.10 Å². The molecular weight excluding hydrogens is 402 g/mol. The molecular formula is C26H27N3O3. The third-order valence-electron chi connectivity index (χ3n) is 6.05. The molecule has 32 heavy (non-hydrogen) atoms. The van der Waals surface area contributed by atoms with Gasteiger partial charge in [-0.1, -0.05) is 30.3 Å². The molecule has 2 N–H and O–H groups in total. The van der Waals surface area contributed by atoms with Crippen LogP contribution in [0.3, 0.4) is 0 Å². The zero-order valence-corrected chi connectivity index (χ0v) is 18.9. The fourth-order valence-electron chi connectivity index (χ4n) is 4.10. The van der Waals surface area contributed by atoms with Gasteiger partial charge >= 0.3 is 0 Å². The number of amides is 1. The van der Waals surface area contributed by atoms with Crippen LogP contribution in [0.4, 0.5) is 5.69 Å². The molecule has 1 amide bonds. The normalized spacial score (nSPS) is 14.9. The Hall–Kier alpha value is -3.80. The number of anilines is 1. The van der Waals surface area contributed by atoms with E-state index < -0.39 is 5.91 Å². The van der Waals surface area contributed by atoms with Gasteiger partial charge in [-0.05, 0) is 55.3 Å². The zero-order valence-electron chi connectivity index (χ0n) is 18.9. The molecule has 4 rings (SSSR count). The molecule has 0 radical (unpaired) electrons. The van der Waals surface area contributed by atoms with Crippen molar-refractivity contribution < 1.29 is 14.6 Å². The predicted molar refractivity (Wildman–Crippen MR) is 130 cm³/mol. The molecule has 0 aromatic heterocycles. The fraction of sp³-hybridized carbons (Fsp3) is 0.231. The second kappa shape index (κ2) is 8.04. The van der Waals surface area contributed by atoms with E-state index in [1.54, 1.807) is 25.5 Å². The van der Waals surface area contributed by atoms with E-state index >= 15 is 0 Å². The molecule has 0 unspecified atom stereocenters. The number of hydrogen-bond donors (Lipinski definition) is 2. The second-order valence-corrected chi connectivity index (χ2v) is 8.57. The van der Waals surface area contributed by atoms with Crippen molar-refractivity contribution in [2.75, 3.05) is 19.1 Å². The monoisotopic (exact) mass is 429 g/mol. The first-order valence-electron chi connectivity index (χ1n) is 10.4. The van der Waals surface area contributed by atoms with Crippen LogP contribution in [0.15, 0.2) is 59.7 Å². The van der Waals surface area contributed by atoms with E-state index in [9.17, 15) is 9.90 Å². The fourth-order valence-corrected chi connectivity index (χ4v) is 4.10. The summed E-state index contributed by atoms with van der Waals surface area (Å²) >= 11 is 0. The van der Waals surface area contributed by atoms with E-state index in [0.717, 1.165) is 27.6 Å². The molecule has 0 atom stereocenters. The van der Waals surface area contributed by atoms with E-state index in [1.165, 1.54) is 5.57 Å². The number of carbonyl (C=O) groups is 1. The van der Waals surface area contributed by atoms with E-state index in [1.807, 2.05) is 36.4 Å². The Bertz CT molecular complexity index is 1270. The molecule has 0 aliphatic carbocycles. The van der Waals surface area contributed by atoms with Gasteiger partial charge in [-0.15, -0.1) is 0 Å². The highest BCUT2D eigenvalue weighted by atomic mass is 16.5. The van der Waals surface area contributed by atoms with Gasteiger partial charge in [0.2, 0.25) is 0 Å². The van der Waals surface area contributed by atoms with E-state index in [0.29, 0.717) is 5.75 Å². The van der Waals surface area contributed by atoms with Crippen molar-refractivity contribution in [1.82, 2.24) is 5.43 Å². The lowest BCUT2D eigenvalue weighted by Crippen LogP contribution is -2.42. The van der Waals surface area contributed by atoms with Crippen LogP contribution in [0.2, 0.25) is 0 Å². The molecule has 164 valence electrons. The largest absolute Gasteiger partial charge is 0.507 e. The van der Waals surface area contributed by atoms with E-state index in [-0.39, 0.29) is 16.9 Å². The number of carbonyl (C=O) groups excluding carboxylic acids is 1. The Balaban J connectivity index is 1.61. The number of allylic oxidation sites excluding steroid dienone is 1. The van der Waals surface area contributed by atoms with Gasteiger partial charge in [0.25, 0.3) is 5.91 Å². The number of rotatable bonds is 4. The van der Waals surface area contributed by atoms with Crippen molar-refractivity contribution in [3.8, 4) is 11.5 Å². The van der Waals surface area contributed by atoms with Crippen LogP contribution in [0.5, 0.6) is 11.5 Å². The van der Waals surface area contributed by atoms with Gasteiger partial charge in [0.1, 0.15) is 11.5 Å². The summed E-state index contributed by atoms with van der Waals surface area (Å²) in [5, 5.41) is 16.1. The van der Waals surface area contributed by atoms with Crippen LogP contribution < -0.4 is 15.1 Å². The summed E-state index contributed by atoms with van der Waals surface area (Å²) in [6.07, 6.45) is 3.79. The lowest BCUT2D eigenvalue weighted by atomic mass is 9.88. The average molecular weight is 430 g/mol. The maximum atomic E-state index is 12.6. The van der Waals surface area contributed by atoms with E-state index in [4.69, 9.17) is 4.74 Å². The number of fused-ring (bicyclic) bond motifs is 2. The zero-order chi connectivity index (χ0) is 23.0. The molecule has 3 aromatic carbocycles. The number of aromatic hydroxyl groups is 1. The van der Waals surface area contributed by atoms with Crippen LogP contribution >= 0.6 is 0 Å². The number of methoxy groups -OCH3 is 1. The van der Waals surface area contributed by atoms with Gasteiger partial charge in [0.15, 0.2) is 0 Å². The third kappa shape index (κ3) is 3.80. The molecule has 1 heterocycles. The number of nitrogens with zero attached hydrogens (tertiary/aromatic N) is 2. The highest BCUT2D eigenvalue weighted by Crippen LogP contribution is 2.40. The highest BCUT2D eigenvalue weighted by molar-refractivity contribution is 6.02. The SMILES string of the molecule is COc1cc2c(cc1/C=N\NC(=O)c1cc3ccccc3cc1O)C(C)=CC(C)(C)N2C. The first kappa shape index (κ1) is 21.4. The number of phenolic OH excluding ortho intramolecular Hbond substituents is 1. The first-order valence-corrected chi connectivity index (χ1v) is 10.4. The minimum atomic E-state index is -0.487. The molecule has 0 saturated carbocycles. The number of likely N-dealkylation sites (N-methyl/N-ethyl adjacent to an activating group) is 1. The molecule has 0 fully saturated rings. The Morgan fingerprint density at radius 3 is 2.53 bits per heavy atom. The molecule has 3 aromatic rings. The van der Waals surface area contributed by atoms with Crippen molar-refractivity contribution in [3.63, 3.8) is 0 Å². The maximum Gasteiger partial charge on any atom is 0.275 e. The molecule has 6 heteroatoms. The quantitative estimate of drug-likeness (QED) is 0.455. The van der Waals surface area contributed by atoms with Crippen molar-refractivity contribution in [1.29, 1.82) is 0 Å². The van der Waals surface area contributed by atoms with Gasteiger partial charge in [0, 0.05) is 29.9 Å². The van der Waals surface area contributed by atoms with Gasteiger partial charge in [-0.25, -0.2) is 5.43 Å². The van der Waals surface area contributed by atoms with Crippen LogP contribution in [0, 0.1) is 0 Å². The van der Waals surface area contributed by atoms with Crippen molar-refractivity contribution in [2.45, 2.75) is 26.3 Å². The Kier molecular flexibility index (Phi) is 5.38. The Labute approximate surface area is 187 Å². The maximum absolute atomic E-state index is 12.6. The highest BCUT2D eigenvalue weighted by Gasteiger charge is 2.29. The second-order valence-electron chi connectivity index (χ2n) is 8.57. The summed E-state index contributed by atoms with van der Waals surface area (Å²) < 4.78 is 5.58. The standard InChI is InChI=1S/C26H27N3O3/c1-16-14-26(2,3)29(4)22-13-24(32-5)19(11-20(16)22)15-27-28-25(31)21-10-17-8-6-7-9-18(17)12-23(21)30/h6-15,30H,1-5H3,(H,28,31)/b27-15-. The number of hydrogen-bond acceptors (Lipinski definition) is 5. The molecule has 0 spiro atoms. The number of phenols is 1. The van der Waals surface area contributed by atoms with Crippen LogP contribution in [-0.4, -0.2) is 36.9 Å². The molecule has 1 aliphatic rings. The van der Waals surface area contributed by atoms with Crippen molar-refractivity contribution in [3.05, 3.63) is 71.3 Å². The van der Waals surface area contributed by atoms with Crippen LogP contribution in [0.1, 0.15) is 42.3 Å². The lowest BCUT2D eigenvalue weighted by Gasteiger charge is -2.40. The van der Waals surface area contributed by atoms with Gasteiger partial charge in [-0.3, -0.25) is 4.79 Å². The van der Waals surface area contributed by atoms with E-state index in [2.05, 4.69) is 49.3 Å². The summed E-state index contributed by atoms with van der Waals surface area (Å²) in [5.41, 5.74) is 6.66. The van der Waals surface area contributed by atoms with Gasteiger partial charge < -0.3 is 14.7 Å². The third-order valence-corrected chi connectivity index (χ3v) is 6.05. The smallest absolute Gasteiger partial charge is 0.275 e. The number of ether oxygens (including phenoxy) is 1. The molecule has 0 saturated heterocycles. The average Bonchev–Trinajstić information content (AvgIpc) is 2.76. The summed E-state index contributed by atoms with van der Waals surface area (Å²) in [7, 11) is 3.67. The lowest BCUT2D eigenvalue weighted by molar-refractivity contribution is 0.0952. The molecule has 1 aliphatic heterocycles. The number of benzene rings is 3. The number of hydrazone groups is 1.